The number of hydrogen-bond donors (Lipinski definition) is 2. The Bertz CT molecular complexity index is 1450. The van der Waals surface area contributed by atoms with E-state index in [9.17, 15) is 19.2 Å². The average molecular weight is 487 g/mol. The molecule has 0 aliphatic carbocycles. The summed E-state index contributed by atoms with van der Waals surface area (Å²) >= 11 is 0. The van der Waals surface area contributed by atoms with Gasteiger partial charge in [-0.1, -0.05) is 6.07 Å². The highest BCUT2D eigenvalue weighted by atomic mass is 16.5. The zero-order valence-corrected chi connectivity index (χ0v) is 19.7. The maximum Gasteiger partial charge on any atom is 0.255 e. The summed E-state index contributed by atoms with van der Waals surface area (Å²) in [6.07, 6.45) is 1.53. The van der Waals surface area contributed by atoms with E-state index in [1.807, 2.05) is 30.3 Å². The van der Waals surface area contributed by atoms with E-state index < -0.39 is 11.9 Å². The van der Waals surface area contributed by atoms with Crippen molar-refractivity contribution in [1.29, 1.82) is 0 Å². The molecule has 0 saturated carbocycles. The van der Waals surface area contributed by atoms with Crippen molar-refractivity contribution >= 4 is 28.6 Å². The van der Waals surface area contributed by atoms with E-state index in [1.165, 1.54) is 5.56 Å². The normalized spacial score (nSPS) is 22.2. The van der Waals surface area contributed by atoms with Crippen LogP contribution in [0.1, 0.15) is 40.7 Å². The van der Waals surface area contributed by atoms with Crippen LogP contribution in [0.25, 0.3) is 10.9 Å². The summed E-state index contributed by atoms with van der Waals surface area (Å²) in [4.78, 5) is 54.8. The molecule has 0 bridgehead atoms. The maximum absolute atomic E-state index is 12.9. The summed E-state index contributed by atoms with van der Waals surface area (Å²) in [6, 6.07) is 14.3. The van der Waals surface area contributed by atoms with Gasteiger partial charge in [-0.15, -0.1) is 0 Å². The first-order valence-corrected chi connectivity index (χ1v) is 12.2. The molecule has 2 N–H and O–H groups in total. The van der Waals surface area contributed by atoms with Gasteiger partial charge in [0, 0.05) is 49.7 Å². The molecule has 184 valence electrons. The fourth-order valence-corrected chi connectivity index (χ4v) is 5.41. The van der Waals surface area contributed by atoms with Crippen LogP contribution < -0.4 is 15.6 Å². The van der Waals surface area contributed by atoms with Gasteiger partial charge in [-0.05, 0) is 65.8 Å². The molecule has 9 heteroatoms. The number of aromatic amines is 1. The van der Waals surface area contributed by atoms with Gasteiger partial charge in [0.05, 0.1) is 0 Å². The minimum atomic E-state index is -0.620. The zero-order valence-electron chi connectivity index (χ0n) is 19.7. The molecule has 3 aromatic rings. The maximum atomic E-state index is 12.9. The molecule has 4 heterocycles. The number of pyridine rings is 1. The number of carbonyl (C=O) groups is 3. The molecule has 3 amide bonds. The van der Waals surface area contributed by atoms with E-state index in [4.69, 9.17) is 4.74 Å². The van der Waals surface area contributed by atoms with Gasteiger partial charge in [0.15, 0.2) is 0 Å². The SMILES string of the molecule is O=C1CCC(N2Cc3cc(O[C@H]4CCN(Cc5ccc6[nH]c(=O)ccc6c5)C4)ccc3C2=O)C(=O)N1. The van der Waals surface area contributed by atoms with Gasteiger partial charge < -0.3 is 14.6 Å². The predicted octanol–water partition coefficient (Wildman–Crippen LogP) is 1.94. The molecular weight excluding hydrogens is 460 g/mol. The lowest BCUT2D eigenvalue weighted by atomic mass is 10.0. The predicted molar refractivity (Wildman–Crippen MR) is 131 cm³/mol. The number of H-pyrrole nitrogens is 1. The highest BCUT2D eigenvalue weighted by molar-refractivity contribution is 6.05. The number of hydrogen-bond acceptors (Lipinski definition) is 6. The molecule has 2 atom stereocenters. The zero-order chi connectivity index (χ0) is 24.8. The van der Waals surface area contributed by atoms with Crippen molar-refractivity contribution in [3.8, 4) is 5.75 Å². The molecule has 0 radical (unpaired) electrons. The number of nitrogens with zero attached hydrogens (tertiary/aromatic N) is 2. The number of fused-ring (bicyclic) bond motifs is 2. The van der Waals surface area contributed by atoms with E-state index in [-0.39, 0.29) is 29.9 Å². The van der Waals surface area contributed by atoms with Crippen molar-refractivity contribution in [1.82, 2.24) is 20.1 Å². The molecule has 1 unspecified atom stereocenters. The minimum absolute atomic E-state index is 0.0446. The Labute approximate surface area is 207 Å². The fraction of sp³-hybridized carbons (Fsp3) is 0.333. The number of benzene rings is 2. The van der Waals surface area contributed by atoms with Crippen LogP contribution in [0.15, 0.2) is 53.3 Å². The van der Waals surface area contributed by atoms with Gasteiger partial charge in [-0.3, -0.25) is 29.4 Å². The summed E-state index contributed by atoms with van der Waals surface area (Å²) in [5.74, 6) is -0.168. The first-order valence-electron chi connectivity index (χ1n) is 12.2. The molecule has 9 nitrogen and oxygen atoms in total. The topological polar surface area (TPSA) is 112 Å². The van der Waals surface area contributed by atoms with Gasteiger partial charge in [0.25, 0.3) is 5.91 Å². The van der Waals surface area contributed by atoms with Crippen LogP contribution in [-0.2, 0) is 22.7 Å². The summed E-state index contributed by atoms with van der Waals surface area (Å²) in [7, 11) is 0. The molecule has 1 aromatic heterocycles. The van der Waals surface area contributed by atoms with Crippen LogP contribution in [0.5, 0.6) is 5.75 Å². The highest BCUT2D eigenvalue weighted by Crippen LogP contribution is 2.31. The molecule has 3 aliphatic heterocycles. The Balaban J connectivity index is 1.08. The van der Waals surface area contributed by atoms with E-state index in [0.717, 1.165) is 42.5 Å². The third kappa shape index (κ3) is 4.26. The number of carbonyl (C=O) groups excluding carboxylic acids is 3. The standard InChI is InChI=1S/C27H26N4O5/c32-24-7-2-17-11-16(1-5-22(17)28-24)13-30-10-9-20(15-30)36-19-3-4-21-18(12-19)14-31(27(21)35)23-6-8-25(33)29-26(23)34/h1-5,7,11-12,20,23H,6,8-10,13-15H2,(H,28,32)(H,29,33,34)/t20-,23?/m0/s1. The number of amides is 3. The second kappa shape index (κ2) is 8.91. The molecular formula is C27H26N4O5. The van der Waals surface area contributed by atoms with E-state index in [1.54, 1.807) is 17.0 Å². The Hall–Kier alpha value is -3.98. The number of ether oxygens (including phenoxy) is 1. The van der Waals surface area contributed by atoms with Gasteiger partial charge in [-0.25, -0.2) is 0 Å². The molecule has 36 heavy (non-hydrogen) atoms. The average Bonchev–Trinajstić information content (AvgIpc) is 3.42. The smallest absolute Gasteiger partial charge is 0.255 e. The number of imide groups is 1. The van der Waals surface area contributed by atoms with E-state index in [2.05, 4.69) is 21.3 Å². The molecule has 0 spiro atoms. The lowest BCUT2D eigenvalue weighted by Crippen LogP contribution is -2.52. The van der Waals surface area contributed by atoms with Crippen molar-refractivity contribution < 1.29 is 19.1 Å². The number of piperidine rings is 1. The van der Waals surface area contributed by atoms with E-state index >= 15 is 0 Å². The largest absolute Gasteiger partial charge is 0.489 e. The Kier molecular flexibility index (Phi) is 5.56. The quantitative estimate of drug-likeness (QED) is 0.533. The van der Waals surface area contributed by atoms with Crippen LogP contribution in [0.4, 0.5) is 0 Å². The Morgan fingerprint density at radius 2 is 1.86 bits per heavy atom. The lowest BCUT2D eigenvalue weighted by Gasteiger charge is -2.29. The van der Waals surface area contributed by atoms with Crippen molar-refractivity contribution in [2.45, 2.75) is 44.5 Å². The third-order valence-electron chi connectivity index (χ3n) is 7.22. The number of likely N-dealkylation sites (tertiary alicyclic amines) is 1. The number of aromatic nitrogens is 1. The van der Waals surface area contributed by atoms with Crippen LogP contribution in [0.3, 0.4) is 0 Å². The minimum Gasteiger partial charge on any atom is -0.489 e. The highest BCUT2D eigenvalue weighted by Gasteiger charge is 2.39. The Morgan fingerprint density at radius 3 is 2.72 bits per heavy atom. The number of rotatable bonds is 5. The summed E-state index contributed by atoms with van der Waals surface area (Å²) in [6.45, 7) is 2.85. The Morgan fingerprint density at radius 1 is 0.972 bits per heavy atom. The lowest BCUT2D eigenvalue weighted by molar-refractivity contribution is -0.136. The van der Waals surface area contributed by atoms with Crippen molar-refractivity contribution in [3.63, 3.8) is 0 Å². The fourth-order valence-electron chi connectivity index (χ4n) is 5.41. The van der Waals surface area contributed by atoms with E-state index in [0.29, 0.717) is 24.3 Å². The van der Waals surface area contributed by atoms with Crippen LogP contribution >= 0.6 is 0 Å². The number of nitrogens with one attached hydrogen (secondary N) is 2. The summed E-state index contributed by atoms with van der Waals surface area (Å²) in [5, 5.41) is 3.34. The van der Waals surface area contributed by atoms with Crippen molar-refractivity contribution in [2.24, 2.45) is 0 Å². The van der Waals surface area contributed by atoms with Crippen LogP contribution in [0, 0.1) is 0 Å². The van der Waals surface area contributed by atoms with Crippen LogP contribution in [0.2, 0.25) is 0 Å². The van der Waals surface area contributed by atoms with Gasteiger partial charge in [0.1, 0.15) is 17.9 Å². The second-order valence-electron chi connectivity index (χ2n) is 9.73. The molecule has 6 rings (SSSR count). The first kappa shape index (κ1) is 22.5. The van der Waals surface area contributed by atoms with Gasteiger partial charge >= 0.3 is 0 Å². The molecule has 3 aliphatic rings. The van der Waals surface area contributed by atoms with Crippen molar-refractivity contribution in [3.05, 3.63) is 75.6 Å². The monoisotopic (exact) mass is 486 g/mol. The van der Waals surface area contributed by atoms with Crippen LogP contribution in [-0.4, -0.2) is 57.7 Å². The molecule has 2 fully saturated rings. The van der Waals surface area contributed by atoms with Crippen molar-refractivity contribution in [2.75, 3.05) is 13.1 Å². The summed E-state index contributed by atoms with van der Waals surface area (Å²) < 4.78 is 6.27. The van der Waals surface area contributed by atoms with Gasteiger partial charge in [-0.2, -0.15) is 0 Å². The molecule has 2 aromatic carbocycles. The van der Waals surface area contributed by atoms with Gasteiger partial charge in [0.2, 0.25) is 17.4 Å². The molecule has 2 saturated heterocycles. The third-order valence-corrected chi connectivity index (χ3v) is 7.22. The summed E-state index contributed by atoms with van der Waals surface area (Å²) in [5.41, 5.74) is 3.33. The second-order valence-corrected chi connectivity index (χ2v) is 9.73. The first-order chi connectivity index (χ1) is 17.4.